The molecule has 0 bridgehead atoms. The summed E-state index contributed by atoms with van der Waals surface area (Å²) in [5, 5.41) is 11.7. The molecule has 0 saturated carbocycles. The molecule has 0 aliphatic carbocycles. The van der Waals surface area contributed by atoms with Crippen molar-refractivity contribution < 1.29 is 19.0 Å². The van der Waals surface area contributed by atoms with E-state index in [0.717, 1.165) is 5.39 Å². The molecule has 0 spiro atoms. The number of hydrogen-bond acceptors (Lipinski definition) is 4. The van der Waals surface area contributed by atoms with Crippen molar-refractivity contribution in [2.24, 2.45) is 0 Å². The number of benzene rings is 1. The van der Waals surface area contributed by atoms with Crippen molar-refractivity contribution >= 4 is 16.7 Å². The summed E-state index contributed by atoms with van der Waals surface area (Å²) in [4.78, 5) is 18.2. The number of ether oxygens (including phenoxy) is 1. The van der Waals surface area contributed by atoms with Crippen LogP contribution in [-0.4, -0.2) is 53.4 Å². The maximum absolute atomic E-state index is 12.6. The lowest BCUT2D eigenvalue weighted by Crippen LogP contribution is -2.46. The highest BCUT2D eigenvalue weighted by Gasteiger charge is 2.27. The Bertz CT molecular complexity index is 690. The maximum Gasteiger partial charge on any atom is 0.276 e. The molecule has 1 unspecified atom stereocenters. The van der Waals surface area contributed by atoms with Crippen LogP contribution in [0.3, 0.4) is 0 Å². The van der Waals surface area contributed by atoms with Gasteiger partial charge in [0.2, 0.25) is 0 Å². The number of aromatic nitrogens is 1. The summed E-state index contributed by atoms with van der Waals surface area (Å²) in [6.07, 6.45) is 1.54. The van der Waals surface area contributed by atoms with Gasteiger partial charge < -0.3 is 14.7 Å². The van der Waals surface area contributed by atoms with Crippen LogP contribution >= 0.6 is 0 Å². The van der Waals surface area contributed by atoms with Crippen molar-refractivity contribution in [2.75, 3.05) is 26.4 Å². The van der Waals surface area contributed by atoms with Crippen molar-refractivity contribution in [3.63, 3.8) is 0 Å². The molecule has 6 heteroatoms. The summed E-state index contributed by atoms with van der Waals surface area (Å²) in [7, 11) is 0. The highest BCUT2D eigenvalue weighted by molar-refractivity contribution is 6.01. The molecule has 22 heavy (non-hydrogen) atoms. The zero-order chi connectivity index (χ0) is 15.5. The standard InChI is InChI=1S/C16H17FN2O3/c17-6-5-12-10-19(7-8-22-12)16(21)14-15(20)13-4-2-1-3-11(13)9-18-14/h1-4,9,12,20H,5-8,10H2. The summed E-state index contributed by atoms with van der Waals surface area (Å²) in [6.45, 7) is 0.614. The first kappa shape index (κ1) is 14.7. The van der Waals surface area contributed by atoms with Crippen LogP contribution < -0.4 is 0 Å². The Morgan fingerprint density at radius 1 is 1.45 bits per heavy atom. The Kier molecular flexibility index (Phi) is 4.20. The summed E-state index contributed by atoms with van der Waals surface area (Å²) < 4.78 is 17.8. The van der Waals surface area contributed by atoms with E-state index in [1.54, 1.807) is 23.2 Å². The average molecular weight is 304 g/mol. The molecule has 116 valence electrons. The Morgan fingerprint density at radius 2 is 2.27 bits per heavy atom. The van der Waals surface area contributed by atoms with Crippen molar-refractivity contribution in [1.82, 2.24) is 9.88 Å². The van der Waals surface area contributed by atoms with E-state index < -0.39 is 6.67 Å². The molecule has 1 amide bonds. The minimum Gasteiger partial charge on any atom is -0.505 e. The van der Waals surface area contributed by atoms with Crippen LogP contribution in [0.2, 0.25) is 0 Å². The summed E-state index contributed by atoms with van der Waals surface area (Å²) >= 11 is 0. The van der Waals surface area contributed by atoms with Crippen molar-refractivity contribution in [3.05, 3.63) is 36.2 Å². The molecule has 1 aromatic heterocycles. The van der Waals surface area contributed by atoms with Crippen LogP contribution in [0.1, 0.15) is 16.9 Å². The lowest BCUT2D eigenvalue weighted by Gasteiger charge is -2.32. The van der Waals surface area contributed by atoms with Gasteiger partial charge in [-0.05, 0) is 0 Å². The third kappa shape index (κ3) is 2.74. The molecule has 0 radical (unpaired) electrons. The Morgan fingerprint density at radius 3 is 3.09 bits per heavy atom. The van der Waals surface area contributed by atoms with Gasteiger partial charge in [0.1, 0.15) is 0 Å². The summed E-state index contributed by atoms with van der Waals surface area (Å²) in [6, 6.07) is 7.20. The number of alkyl halides is 1. The molecule has 1 aromatic carbocycles. The molecule has 2 aromatic rings. The second-order valence-corrected chi connectivity index (χ2v) is 5.26. The third-order valence-electron chi connectivity index (χ3n) is 3.83. The highest BCUT2D eigenvalue weighted by Crippen LogP contribution is 2.28. The Hall–Kier alpha value is -2.21. The van der Waals surface area contributed by atoms with Gasteiger partial charge in [-0.2, -0.15) is 0 Å². The maximum atomic E-state index is 12.6. The van der Waals surface area contributed by atoms with Gasteiger partial charge in [-0.1, -0.05) is 24.3 Å². The molecule has 1 aliphatic rings. The molecule has 1 fully saturated rings. The third-order valence-corrected chi connectivity index (χ3v) is 3.83. The minimum atomic E-state index is -0.480. The van der Waals surface area contributed by atoms with Gasteiger partial charge in [0.05, 0.1) is 19.4 Å². The van der Waals surface area contributed by atoms with E-state index >= 15 is 0 Å². The summed E-state index contributed by atoms with van der Waals surface area (Å²) in [5.74, 6) is -0.466. The fraction of sp³-hybridized carbons (Fsp3) is 0.375. The quantitative estimate of drug-likeness (QED) is 0.943. The molecule has 1 atom stereocenters. The smallest absolute Gasteiger partial charge is 0.276 e. The predicted molar refractivity (Wildman–Crippen MR) is 79.6 cm³/mol. The average Bonchev–Trinajstić information content (AvgIpc) is 2.55. The number of carbonyl (C=O) groups excluding carboxylic acids is 1. The minimum absolute atomic E-state index is 0.0274. The van der Waals surface area contributed by atoms with Crippen LogP contribution in [0.15, 0.2) is 30.5 Å². The van der Waals surface area contributed by atoms with Crippen molar-refractivity contribution in [2.45, 2.75) is 12.5 Å². The number of hydrogen-bond donors (Lipinski definition) is 1. The fourth-order valence-electron chi connectivity index (χ4n) is 2.65. The topological polar surface area (TPSA) is 62.7 Å². The number of aromatic hydroxyl groups is 1. The van der Waals surface area contributed by atoms with E-state index in [4.69, 9.17) is 4.74 Å². The number of morpholine rings is 1. The monoisotopic (exact) mass is 304 g/mol. The van der Waals surface area contributed by atoms with Crippen LogP contribution in [0.5, 0.6) is 5.75 Å². The second kappa shape index (κ2) is 6.27. The highest BCUT2D eigenvalue weighted by atomic mass is 19.1. The van der Waals surface area contributed by atoms with Crippen LogP contribution in [0.25, 0.3) is 10.8 Å². The number of carbonyl (C=O) groups is 1. The molecule has 5 nitrogen and oxygen atoms in total. The Labute approximate surface area is 127 Å². The first-order valence-electron chi connectivity index (χ1n) is 7.24. The van der Waals surface area contributed by atoms with Gasteiger partial charge in [0, 0.05) is 36.5 Å². The first-order chi connectivity index (χ1) is 10.7. The predicted octanol–water partition coefficient (Wildman–Crippen LogP) is 2.14. The zero-order valence-corrected chi connectivity index (χ0v) is 12.0. The number of fused-ring (bicyclic) bond motifs is 1. The lowest BCUT2D eigenvalue weighted by atomic mass is 10.1. The van der Waals surface area contributed by atoms with Gasteiger partial charge in [0.25, 0.3) is 5.91 Å². The SMILES string of the molecule is O=C(c1ncc2ccccc2c1O)N1CCOC(CCF)C1. The molecular formula is C16H17FN2O3. The number of halogens is 1. The van der Waals surface area contributed by atoms with Gasteiger partial charge in [0.15, 0.2) is 11.4 Å². The van der Waals surface area contributed by atoms with Crippen LogP contribution in [0, 0.1) is 0 Å². The van der Waals surface area contributed by atoms with E-state index in [1.807, 2.05) is 12.1 Å². The zero-order valence-electron chi connectivity index (χ0n) is 12.0. The fourth-order valence-corrected chi connectivity index (χ4v) is 2.65. The number of rotatable bonds is 3. The molecule has 1 saturated heterocycles. The van der Waals surface area contributed by atoms with E-state index in [1.165, 1.54) is 0 Å². The van der Waals surface area contributed by atoms with Crippen molar-refractivity contribution in [3.8, 4) is 5.75 Å². The van der Waals surface area contributed by atoms with Crippen LogP contribution in [0.4, 0.5) is 4.39 Å². The normalized spacial score (nSPS) is 18.6. The molecule has 1 aliphatic heterocycles. The van der Waals surface area contributed by atoms with Gasteiger partial charge in [-0.15, -0.1) is 0 Å². The van der Waals surface area contributed by atoms with Gasteiger partial charge in [-0.25, -0.2) is 4.98 Å². The van der Waals surface area contributed by atoms with E-state index in [-0.39, 0.29) is 29.9 Å². The lowest BCUT2D eigenvalue weighted by molar-refractivity contribution is -0.0273. The molecular weight excluding hydrogens is 287 g/mol. The van der Waals surface area contributed by atoms with E-state index in [9.17, 15) is 14.3 Å². The van der Waals surface area contributed by atoms with Gasteiger partial charge in [-0.3, -0.25) is 9.18 Å². The Balaban J connectivity index is 1.87. The van der Waals surface area contributed by atoms with Crippen molar-refractivity contribution in [1.29, 1.82) is 0 Å². The number of pyridine rings is 1. The first-order valence-corrected chi connectivity index (χ1v) is 7.24. The van der Waals surface area contributed by atoms with E-state index in [0.29, 0.717) is 25.1 Å². The number of amides is 1. The molecule has 3 rings (SSSR count). The van der Waals surface area contributed by atoms with Gasteiger partial charge >= 0.3 is 0 Å². The molecule has 2 heterocycles. The summed E-state index contributed by atoms with van der Waals surface area (Å²) in [5.41, 5.74) is 0.0274. The van der Waals surface area contributed by atoms with Crippen LogP contribution in [-0.2, 0) is 4.74 Å². The number of nitrogens with zero attached hydrogens (tertiary/aromatic N) is 2. The molecule has 1 N–H and O–H groups in total. The second-order valence-electron chi connectivity index (χ2n) is 5.26. The largest absolute Gasteiger partial charge is 0.505 e. The van der Waals surface area contributed by atoms with E-state index in [2.05, 4.69) is 4.98 Å².